The van der Waals surface area contributed by atoms with Gasteiger partial charge in [0.2, 0.25) is 0 Å². The third-order valence-corrected chi connectivity index (χ3v) is 5.85. The fourth-order valence-corrected chi connectivity index (χ4v) is 4.14. The summed E-state index contributed by atoms with van der Waals surface area (Å²) in [5, 5.41) is 20.6. The van der Waals surface area contributed by atoms with Gasteiger partial charge in [-0.05, 0) is 28.7 Å². The standard InChI is InChI=1S/C25H26N4O5/c1-2-3-12-20(24(31)32)26-23(30)21-13-22(29-28-21)27-25(33)34-14-19-17-10-6-4-8-15(17)16-9-5-7-11-18(16)19/h4-11,13,19-20H,2-3,12,14H2,1H3,(H,26,30)(H,31,32)(H2,27,28,29,33). The van der Waals surface area contributed by atoms with Crippen LogP contribution in [0.5, 0.6) is 0 Å². The Bertz CT molecular complexity index is 1160. The van der Waals surface area contributed by atoms with Crippen LogP contribution in [0.4, 0.5) is 10.6 Å². The van der Waals surface area contributed by atoms with E-state index >= 15 is 0 Å². The van der Waals surface area contributed by atoms with Crippen molar-refractivity contribution in [2.75, 3.05) is 11.9 Å². The fraction of sp³-hybridized carbons (Fsp3) is 0.280. The van der Waals surface area contributed by atoms with Crippen LogP contribution < -0.4 is 10.6 Å². The Kier molecular flexibility index (Phi) is 6.91. The van der Waals surface area contributed by atoms with E-state index in [1.165, 1.54) is 6.07 Å². The number of carboxylic acids is 1. The smallest absolute Gasteiger partial charge is 0.412 e. The molecule has 0 saturated carbocycles. The van der Waals surface area contributed by atoms with E-state index in [1.54, 1.807) is 0 Å². The lowest BCUT2D eigenvalue weighted by Crippen LogP contribution is -2.40. The third-order valence-electron chi connectivity index (χ3n) is 5.85. The van der Waals surface area contributed by atoms with Gasteiger partial charge in [0.05, 0.1) is 0 Å². The molecule has 0 bridgehead atoms. The van der Waals surface area contributed by atoms with Crippen molar-refractivity contribution >= 4 is 23.8 Å². The summed E-state index contributed by atoms with van der Waals surface area (Å²) in [7, 11) is 0. The lowest BCUT2D eigenvalue weighted by molar-refractivity contribution is -0.139. The molecular weight excluding hydrogens is 436 g/mol. The van der Waals surface area contributed by atoms with Crippen LogP contribution in [0, 0.1) is 0 Å². The Balaban J connectivity index is 1.35. The lowest BCUT2D eigenvalue weighted by atomic mass is 9.98. The minimum atomic E-state index is -1.10. The maximum atomic E-state index is 12.4. The number of hydrogen-bond acceptors (Lipinski definition) is 5. The van der Waals surface area contributed by atoms with Crippen LogP contribution in [0.3, 0.4) is 0 Å². The second-order valence-corrected chi connectivity index (χ2v) is 8.12. The quantitative estimate of drug-likeness (QED) is 0.378. The number of aromatic amines is 1. The molecule has 4 rings (SSSR count). The minimum Gasteiger partial charge on any atom is -0.480 e. The number of hydrogen-bond donors (Lipinski definition) is 4. The Hall–Kier alpha value is -4.14. The normalized spacial score (nSPS) is 13.0. The molecule has 0 spiro atoms. The summed E-state index contributed by atoms with van der Waals surface area (Å²) < 4.78 is 5.47. The van der Waals surface area contributed by atoms with Crippen LogP contribution in [0.2, 0.25) is 0 Å². The van der Waals surface area contributed by atoms with Crippen molar-refractivity contribution in [3.63, 3.8) is 0 Å². The number of carbonyl (C=O) groups excluding carboxylic acids is 2. The molecule has 0 saturated heterocycles. The van der Waals surface area contributed by atoms with Crippen LogP contribution in [-0.4, -0.2) is 45.9 Å². The zero-order valence-corrected chi connectivity index (χ0v) is 18.7. The van der Waals surface area contributed by atoms with Crippen LogP contribution in [0.25, 0.3) is 11.1 Å². The average Bonchev–Trinajstić information content (AvgIpc) is 3.43. The van der Waals surface area contributed by atoms with Gasteiger partial charge in [-0.15, -0.1) is 0 Å². The number of fused-ring (bicyclic) bond motifs is 3. The van der Waals surface area contributed by atoms with Crippen molar-refractivity contribution in [1.82, 2.24) is 15.5 Å². The first-order valence-corrected chi connectivity index (χ1v) is 11.2. The van der Waals surface area contributed by atoms with E-state index in [2.05, 4.69) is 33.0 Å². The zero-order chi connectivity index (χ0) is 24.1. The van der Waals surface area contributed by atoms with Crippen molar-refractivity contribution in [3.8, 4) is 11.1 Å². The first-order chi connectivity index (χ1) is 16.5. The maximum Gasteiger partial charge on any atom is 0.412 e. The van der Waals surface area contributed by atoms with E-state index in [9.17, 15) is 19.5 Å². The Morgan fingerprint density at radius 2 is 1.74 bits per heavy atom. The number of unbranched alkanes of at least 4 members (excludes halogenated alkanes) is 1. The number of rotatable bonds is 9. The van der Waals surface area contributed by atoms with Crippen LogP contribution in [-0.2, 0) is 9.53 Å². The first kappa shape index (κ1) is 23.0. The number of ether oxygens (including phenoxy) is 1. The van der Waals surface area contributed by atoms with Crippen molar-refractivity contribution in [3.05, 3.63) is 71.4 Å². The average molecular weight is 463 g/mol. The molecule has 1 aliphatic rings. The molecule has 0 aliphatic heterocycles. The highest BCUT2D eigenvalue weighted by atomic mass is 16.5. The van der Waals surface area contributed by atoms with Gasteiger partial charge in [-0.2, -0.15) is 5.10 Å². The topological polar surface area (TPSA) is 133 Å². The number of aromatic nitrogens is 2. The number of carboxylic acid groups (broad SMARTS) is 1. The van der Waals surface area contributed by atoms with Gasteiger partial charge in [0.1, 0.15) is 18.3 Å². The van der Waals surface area contributed by atoms with Gasteiger partial charge in [0.25, 0.3) is 5.91 Å². The highest BCUT2D eigenvalue weighted by molar-refractivity contribution is 5.96. The van der Waals surface area contributed by atoms with Gasteiger partial charge in [-0.1, -0.05) is 68.3 Å². The van der Waals surface area contributed by atoms with Gasteiger partial charge in [0, 0.05) is 12.0 Å². The summed E-state index contributed by atoms with van der Waals surface area (Å²) in [6.45, 7) is 2.09. The molecule has 1 heterocycles. The van der Waals surface area contributed by atoms with Gasteiger partial charge in [-0.3, -0.25) is 15.2 Å². The van der Waals surface area contributed by atoms with E-state index in [0.717, 1.165) is 28.7 Å². The molecule has 2 amide bonds. The summed E-state index contributed by atoms with van der Waals surface area (Å²) in [4.78, 5) is 36.1. The lowest BCUT2D eigenvalue weighted by Gasteiger charge is -2.14. The molecule has 1 aliphatic carbocycles. The number of nitrogens with zero attached hydrogens (tertiary/aromatic N) is 1. The molecule has 3 aromatic rings. The van der Waals surface area contributed by atoms with Crippen LogP contribution >= 0.6 is 0 Å². The number of H-pyrrole nitrogens is 1. The van der Waals surface area contributed by atoms with Crippen molar-refractivity contribution < 1.29 is 24.2 Å². The Labute approximate surface area is 196 Å². The monoisotopic (exact) mass is 462 g/mol. The third kappa shape index (κ3) is 4.93. The largest absolute Gasteiger partial charge is 0.480 e. The fourth-order valence-electron chi connectivity index (χ4n) is 4.14. The molecule has 1 atom stereocenters. The number of carbonyl (C=O) groups is 3. The molecule has 9 heteroatoms. The van der Waals surface area contributed by atoms with E-state index in [4.69, 9.17) is 4.74 Å². The molecule has 0 radical (unpaired) electrons. The van der Waals surface area contributed by atoms with E-state index in [1.807, 2.05) is 43.3 Å². The minimum absolute atomic E-state index is 0.0386. The summed E-state index contributed by atoms with van der Waals surface area (Å²) in [6, 6.07) is 16.4. The summed E-state index contributed by atoms with van der Waals surface area (Å²) in [6.07, 6.45) is 1.12. The first-order valence-electron chi connectivity index (χ1n) is 11.2. The molecule has 34 heavy (non-hydrogen) atoms. The predicted molar refractivity (Wildman–Crippen MR) is 126 cm³/mol. The molecule has 1 aromatic heterocycles. The molecule has 1 unspecified atom stereocenters. The molecule has 4 N–H and O–H groups in total. The number of anilines is 1. The van der Waals surface area contributed by atoms with E-state index < -0.39 is 24.0 Å². The van der Waals surface area contributed by atoms with Crippen molar-refractivity contribution in [2.24, 2.45) is 0 Å². The number of nitrogens with one attached hydrogen (secondary N) is 3. The van der Waals surface area contributed by atoms with Crippen molar-refractivity contribution in [1.29, 1.82) is 0 Å². The number of aliphatic carboxylic acids is 1. The zero-order valence-electron chi connectivity index (χ0n) is 18.7. The van der Waals surface area contributed by atoms with E-state index in [-0.39, 0.29) is 24.0 Å². The van der Waals surface area contributed by atoms with Crippen LogP contribution in [0.15, 0.2) is 54.6 Å². The van der Waals surface area contributed by atoms with E-state index in [0.29, 0.717) is 12.8 Å². The van der Waals surface area contributed by atoms with Crippen molar-refractivity contribution in [2.45, 2.75) is 38.1 Å². The second kappa shape index (κ2) is 10.2. The molecule has 2 aromatic carbocycles. The highest BCUT2D eigenvalue weighted by Gasteiger charge is 2.29. The van der Waals surface area contributed by atoms with Gasteiger partial charge < -0.3 is 15.2 Å². The molecular formula is C25H26N4O5. The summed E-state index contributed by atoms with van der Waals surface area (Å²) >= 11 is 0. The van der Waals surface area contributed by atoms with Gasteiger partial charge in [0.15, 0.2) is 5.82 Å². The van der Waals surface area contributed by atoms with Gasteiger partial charge in [-0.25, -0.2) is 9.59 Å². The summed E-state index contributed by atoms with van der Waals surface area (Å²) in [5.74, 6) is -1.69. The number of amides is 2. The summed E-state index contributed by atoms with van der Waals surface area (Å²) in [5.41, 5.74) is 4.51. The SMILES string of the molecule is CCCCC(NC(=O)c1cc(NC(=O)OCC2c3ccccc3-c3ccccc32)n[nH]1)C(=O)O. The van der Waals surface area contributed by atoms with Crippen LogP contribution in [0.1, 0.15) is 53.7 Å². The number of benzene rings is 2. The molecule has 176 valence electrons. The highest BCUT2D eigenvalue weighted by Crippen LogP contribution is 2.44. The predicted octanol–water partition coefficient (Wildman–Crippen LogP) is 4.14. The maximum absolute atomic E-state index is 12.4. The Morgan fingerprint density at radius 1 is 1.09 bits per heavy atom. The molecule has 9 nitrogen and oxygen atoms in total. The Morgan fingerprint density at radius 3 is 2.35 bits per heavy atom. The second-order valence-electron chi connectivity index (χ2n) is 8.12. The van der Waals surface area contributed by atoms with Gasteiger partial charge >= 0.3 is 12.1 Å². The molecule has 0 fully saturated rings.